The number of hydrogen-bond donors (Lipinski definition) is 4. The van der Waals surface area contributed by atoms with Crippen molar-refractivity contribution < 1.29 is 9.90 Å². The first kappa shape index (κ1) is 15.0. The summed E-state index contributed by atoms with van der Waals surface area (Å²) in [7, 11) is 0. The average molecular weight is 356 g/mol. The van der Waals surface area contributed by atoms with Crippen molar-refractivity contribution in [2.75, 3.05) is 0 Å². The average Bonchev–Trinajstić information content (AvgIpc) is 3.05. The van der Waals surface area contributed by atoms with Crippen LogP contribution in [0.2, 0.25) is 0 Å². The van der Waals surface area contributed by atoms with Gasteiger partial charge >= 0.3 is 0 Å². The van der Waals surface area contributed by atoms with Crippen LogP contribution in [-0.2, 0) is 16.8 Å². The van der Waals surface area contributed by atoms with Crippen LogP contribution in [-0.4, -0.2) is 28.1 Å². The van der Waals surface area contributed by atoms with Gasteiger partial charge in [-0.15, -0.1) is 0 Å². The van der Waals surface area contributed by atoms with Crippen LogP contribution in [0, 0.1) is 5.92 Å². The van der Waals surface area contributed by atoms with E-state index >= 15 is 0 Å². The summed E-state index contributed by atoms with van der Waals surface area (Å²) in [5.74, 6) is 0.0748. The minimum absolute atomic E-state index is 0.0432. The van der Waals surface area contributed by atoms with Gasteiger partial charge in [-0.25, -0.2) is 0 Å². The van der Waals surface area contributed by atoms with Gasteiger partial charge in [0.2, 0.25) is 5.91 Å². The van der Waals surface area contributed by atoms with Crippen molar-refractivity contribution in [3.05, 3.63) is 52.7 Å². The minimum Gasteiger partial charge on any atom is -0.508 e. The Labute approximate surface area is 149 Å². The highest BCUT2D eigenvalue weighted by atomic mass is 35.5. The van der Waals surface area contributed by atoms with E-state index in [1.807, 2.05) is 24.3 Å². The van der Waals surface area contributed by atoms with Gasteiger partial charge in [0.15, 0.2) is 0 Å². The number of allylic oxidation sites excluding steroid dienone is 2. The number of benzene rings is 1. The fourth-order valence-corrected chi connectivity index (χ4v) is 4.85. The van der Waals surface area contributed by atoms with Crippen LogP contribution in [0.3, 0.4) is 0 Å². The molecule has 3 heterocycles. The third-order valence-electron chi connectivity index (χ3n) is 5.61. The normalized spacial score (nSPS) is 33.3. The molecule has 2 aliphatic heterocycles. The van der Waals surface area contributed by atoms with Crippen molar-refractivity contribution in [2.24, 2.45) is 5.92 Å². The molecule has 4 atom stereocenters. The van der Waals surface area contributed by atoms with Crippen molar-refractivity contribution >= 4 is 28.4 Å². The van der Waals surface area contributed by atoms with E-state index in [0.717, 1.165) is 28.6 Å². The minimum atomic E-state index is -0.878. The quantitative estimate of drug-likeness (QED) is 0.586. The standard InChI is InChI=1S/C19H18ClN3O2/c1-9-6-13-12-8-11(24)3-5-15(12)21-17(13)19(23-9)14-7-10(20)2-4-16(14)22-18(19)25/h2-5,7-9,14,16,21,23-24H,6H2,1H3,(H,22,25)/t9-,14?,16?,19+/m0/s1. The number of rotatable bonds is 0. The lowest BCUT2D eigenvalue weighted by molar-refractivity contribution is -0.126. The lowest BCUT2D eigenvalue weighted by atomic mass is 9.73. The Hall–Kier alpha value is -2.24. The van der Waals surface area contributed by atoms with Gasteiger partial charge in [0, 0.05) is 27.9 Å². The van der Waals surface area contributed by atoms with Gasteiger partial charge < -0.3 is 15.4 Å². The maximum atomic E-state index is 13.1. The molecule has 1 amide bonds. The molecule has 0 saturated carbocycles. The monoisotopic (exact) mass is 355 g/mol. The fourth-order valence-electron chi connectivity index (χ4n) is 4.64. The number of fused-ring (bicyclic) bond motifs is 6. The summed E-state index contributed by atoms with van der Waals surface area (Å²) in [6.45, 7) is 2.08. The molecule has 2 unspecified atom stereocenters. The number of carbonyl (C=O) groups excluding carboxylic acids is 1. The molecule has 5 nitrogen and oxygen atoms in total. The summed E-state index contributed by atoms with van der Waals surface area (Å²) in [6.07, 6.45) is 6.54. The van der Waals surface area contributed by atoms with Gasteiger partial charge in [-0.1, -0.05) is 23.8 Å². The SMILES string of the molecule is C[C@H]1Cc2c([nH]c3ccc(O)cc23)[C@@]2(N1)C(=O)NC1C=CC(Cl)=CC12. The van der Waals surface area contributed by atoms with E-state index in [0.29, 0.717) is 5.03 Å². The van der Waals surface area contributed by atoms with Gasteiger partial charge in [0.05, 0.1) is 11.7 Å². The Morgan fingerprint density at radius 3 is 3.04 bits per heavy atom. The Kier molecular flexibility index (Phi) is 2.95. The summed E-state index contributed by atoms with van der Waals surface area (Å²) in [6, 6.07) is 5.32. The Morgan fingerprint density at radius 1 is 1.36 bits per heavy atom. The maximum absolute atomic E-state index is 13.1. The van der Waals surface area contributed by atoms with Crippen molar-refractivity contribution in [2.45, 2.75) is 31.0 Å². The number of hydrogen-bond acceptors (Lipinski definition) is 3. The van der Waals surface area contributed by atoms with Crippen LogP contribution in [0.5, 0.6) is 5.75 Å². The highest BCUT2D eigenvalue weighted by Gasteiger charge is 2.59. The molecular formula is C19H18ClN3O2. The molecule has 1 aliphatic carbocycles. The van der Waals surface area contributed by atoms with Crippen LogP contribution in [0.25, 0.3) is 10.9 Å². The largest absolute Gasteiger partial charge is 0.508 e. The summed E-state index contributed by atoms with van der Waals surface area (Å²) in [4.78, 5) is 16.6. The maximum Gasteiger partial charge on any atom is 0.247 e. The van der Waals surface area contributed by atoms with Gasteiger partial charge in [-0.3, -0.25) is 10.1 Å². The van der Waals surface area contributed by atoms with E-state index in [9.17, 15) is 9.90 Å². The van der Waals surface area contributed by atoms with Crippen LogP contribution in [0.15, 0.2) is 41.5 Å². The van der Waals surface area contributed by atoms with Crippen LogP contribution >= 0.6 is 11.6 Å². The molecule has 1 spiro atoms. The van der Waals surface area contributed by atoms with Crippen LogP contribution < -0.4 is 10.6 Å². The molecule has 3 aliphatic rings. The van der Waals surface area contributed by atoms with Crippen molar-refractivity contribution in [1.29, 1.82) is 0 Å². The number of aromatic amines is 1. The van der Waals surface area contributed by atoms with E-state index in [2.05, 4.69) is 22.5 Å². The Bertz CT molecular complexity index is 976. The Morgan fingerprint density at radius 2 is 2.20 bits per heavy atom. The van der Waals surface area contributed by atoms with Crippen LogP contribution in [0.4, 0.5) is 0 Å². The Balaban J connectivity index is 1.80. The third-order valence-corrected chi connectivity index (χ3v) is 5.86. The predicted molar refractivity (Wildman–Crippen MR) is 96.4 cm³/mol. The first-order valence-corrected chi connectivity index (χ1v) is 8.85. The molecule has 128 valence electrons. The number of aromatic nitrogens is 1. The highest BCUT2D eigenvalue weighted by Crippen LogP contribution is 2.46. The number of H-pyrrole nitrogens is 1. The number of carbonyl (C=O) groups is 1. The van der Waals surface area contributed by atoms with Crippen molar-refractivity contribution in [1.82, 2.24) is 15.6 Å². The fraction of sp³-hybridized carbons (Fsp3) is 0.316. The number of phenols is 1. The second-order valence-electron chi connectivity index (χ2n) is 7.20. The van der Waals surface area contributed by atoms with Crippen molar-refractivity contribution in [3.63, 3.8) is 0 Å². The molecule has 4 N–H and O–H groups in total. The smallest absolute Gasteiger partial charge is 0.247 e. The predicted octanol–water partition coefficient (Wildman–Crippen LogP) is 2.41. The molecule has 1 aromatic heterocycles. The summed E-state index contributed by atoms with van der Waals surface area (Å²) in [5, 5.41) is 18.2. The number of phenolic OH excluding ortho intramolecular Hbond substituents is 1. The van der Waals surface area contributed by atoms with E-state index in [1.54, 1.807) is 12.1 Å². The molecule has 6 heteroatoms. The van der Waals surface area contributed by atoms with E-state index in [4.69, 9.17) is 11.6 Å². The summed E-state index contributed by atoms with van der Waals surface area (Å²) in [5.41, 5.74) is 2.02. The number of aromatic hydroxyl groups is 1. The number of nitrogens with one attached hydrogen (secondary N) is 3. The first-order valence-electron chi connectivity index (χ1n) is 8.47. The van der Waals surface area contributed by atoms with Crippen molar-refractivity contribution in [3.8, 4) is 5.75 Å². The first-order chi connectivity index (χ1) is 12.0. The van der Waals surface area contributed by atoms with E-state index in [-0.39, 0.29) is 29.7 Å². The topological polar surface area (TPSA) is 77.2 Å². The number of amides is 1. The highest BCUT2D eigenvalue weighted by molar-refractivity contribution is 6.31. The molecule has 1 fully saturated rings. The second-order valence-corrected chi connectivity index (χ2v) is 7.64. The molecular weight excluding hydrogens is 338 g/mol. The molecule has 0 radical (unpaired) electrons. The molecule has 1 saturated heterocycles. The summed E-state index contributed by atoms with van der Waals surface area (Å²) >= 11 is 6.26. The lowest BCUT2D eigenvalue weighted by Crippen LogP contribution is -2.59. The second kappa shape index (κ2) is 4.90. The van der Waals surface area contributed by atoms with Gasteiger partial charge in [-0.2, -0.15) is 0 Å². The van der Waals surface area contributed by atoms with Gasteiger partial charge in [-0.05, 0) is 43.2 Å². The molecule has 25 heavy (non-hydrogen) atoms. The van der Waals surface area contributed by atoms with Gasteiger partial charge in [0.25, 0.3) is 0 Å². The zero-order chi connectivity index (χ0) is 17.3. The van der Waals surface area contributed by atoms with E-state index in [1.165, 1.54) is 0 Å². The zero-order valence-electron chi connectivity index (χ0n) is 13.6. The molecule has 2 aromatic rings. The molecule has 5 rings (SSSR count). The van der Waals surface area contributed by atoms with Gasteiger partial charge in [0.1, 0.15) is 11.3 Å². The molecule has 1 aromatic carbocycles. The lowest BCUT2D eigenvalue weighted by Gasteiger charge is -2.40. The zero-order valence-corrected chi connectivity index (χ0v) is 14.4. The van der Waals surface area contributed by atoms with Crippen LogP contribution in [0.1, 0.15) is 18.2 Å². The number of halogens is 1. The molecule has 0 bridgehead atoms. The van der Waals surface area contributed by atoms with E-state index < -0.39 is 5.54 Å². The third kappa shape index (κ3) is 1.91. The summed E-state index contributed by atoms with van der Waals surface area (Å²) < 4.78 is 0.